The van der Waals surface area contributed by atoms with Gasteiger partial charge < -0.3 is 4.57 Å². The van der Waals surface area contributed by atoms with E-state index in [2.05, 4.69) is 65.2 Å². The fourth-order valence-electron chi connectivity index (χ4n) is 4.75. The molecule has 0 atom stereocenters. The first-order chi connectivity index (χ1) is 16.7. The van der Waals surface area contributed by atoms with Gasteiger partial charge in [-0.3, -0.25) is 10.1 Å². The summed E-state index contributed by atoms with van der Waals surface area (Å²) in [6.45, 7) is 0. The number of benzene rings is 5. The van der Waals surface area contributed by atoms with Crippen molar-refractivity contribution in [2.45, 2.75) is 0 Å². The average Bonchev–Trinajstić information content (AvgIpc) is 3.23. The number of nitro groups is 1. The lowest BCUT2D eigenvalue weighted by atomic mass is 10.0. The molecule has 0 saturated carbocycles. The summed E-state index contributed by atoms with van der Waals surface area (Å²) in [6, 6.07) is 40.2. The van der Waals surface area contributed by atoms with E-state index < -0.39 is 0 Å². The maximum atomic E-state index is 11.6. The van der Waals surface area contributed by atoms with Crippen LogP contribution in [0, 0.1) is 10.1 Å². The summed E-state index contributed by atoms with van der Waals surface area (Å²) >= 11 is 0. The molecule has 0 bridgehead atoms. The Morgan fingerprint density at radius 1 is 0.559 bits per heavy atom. The van der Waals surface area contributed by atoms with Crippen LogP contribution in [0.1, 0.15) is 0 Å². The molecule has 6 rings (SSSR count). The number of fused-ring (bicyclic) bond motifs is 3. The molecule has 0 N–H and O–H groups in total. The standard InChI is InChI=1S/C30H20N2O2/c33-32(34)30-16-7-4-13-25(30)23-17-18-29-27(20-23)26-14-5-6-15-28(26)31(29)24-12-8-11-22(19-24)21-9-2-1-3-10-21/h1-20H. The van der Waals surface area contributed by atoms with E-state index in [4.69, 9.17) is 0 Å². The highest BCUT2D eigenvalue weighted by atomic mass is 16.6. The maximum Gasteiger partial charge on any atom is 0.277 e. The van der Waals surface area contributed by atoms with Gasteiger partial charge in [-0.2, -0.15) is 0 Å². The number of nitrogens with zero attached hydrogens (tertiary/aromatic N) is 2. The van der Waals surface area contributed by atoms with Gasteiger partial charge in [0.1, 0.15) is 0 Å². The van der Waals surface area contributed by atoms with Crippen molar-refractivity contribution in [3.05, 3.63) is 131 Å². The van der Waals surface area contributed by atoms with E-state index in [9.17, 15) is 10.1 Å². The molecule has 34 heavy (non-hydrogen) atoms. The fraction of sp³-hybridized carbons (Fsp3) is 0. The van der Waals surface area contributed by atoms with Crippen molar-refractivity contribution < 1.29 is 4.92 Å². The smallest absolute Gasteiger partial charge is 0.277 e. The van der Waals surface area contributed by atoms with Gasteiger partial charge in [-0.1, -0.05) is 78.9 Å². The molecular weight excluding hydrogens is 420 g/mol. The highest BCUT2D eigenvalue weighted by molar-refractivity contribution is 6.10. The summed E-state index contributed by atoms with van der Waals surface area (Å²) in [5.41, 5.74) is 7.13. The van der Waals surface area contributed by atoms with Crippen molar-refractivity contribution in [1.29, 1.82) is 0 Å². The van der Waals surface area contributed by atoms with Crippen molar-refractivity contribution in [1.82, 2.24) is 4.57 Å². The van der Waals surface area contributed by atoms with Crippen LogP contribution >= 0.6 is 0 Å². The van der Waals surface area contributed by atoms with Gasteiger partial charge in [0.2, 0.25) is 0 Å². The van der Waals surface area contributed by atoms with Crippen molar-refractivity contribution >= 4 is 27.5 Å². The zero-order chi connectivity index (χ0) is 23.1. The number of nitro benzene ring substituents is 1. The van der Waals surface area contributed by atoms with Crippen LogP contribution in [-0.2, 0) is 0 Å². The summed E-state index contributed by atoms with van der Waals surface area (Å²) in [5, 5.41) is 13.8. The summed E-state index contributed by atoms with van der Waals surface area (Å²) in [6.07, 6.45) is 0. The van der Waals surface area contributed by atoms with Crippen LogP contribution in [0.3, 0.4) is 0 Å². The number of hydrogen-bond acceptors (Lipinski definition) is 2. The molecule has 0 aliphatic carbocycles. The Morgan fingerprint density at radius 2 is 1.26 bits per heavy atom. The molecule has 4 nitrogen and oxygen atoms in total. The molecule has 0 fully saturated rings. The van der Waals surface area contributed by atoms with E-state index in [0.29, 0.717) is 5.56 Å². The normalized spacial score (nSPS) is 11.2. The fourth-order valence-corrected chi connectivity index (χ4v) is 4.75. The van der Waals surface area contributed by atoms with E-state index in [1.54, 1.807) is 12.1 Å². The summed E-state index contributed by atoms with van der Waals surface area (Å²) < 4.78 is 2.26. The first-order valence-electron chi connectivity index (χ1n) is 11.1. The summed E-state index contributed by atoms with van der Waals surface area (Å²) in [5.74, 6) is 0. The zero-order valence-electron chi connectivity index (χ0n) is 18.3. The van der Waals surface area contributed by atoms with E-state index in [0.717, 1.165) is 38.6 Å². The molecule has 0 amide bonds. The number of aromatic nitrogens is 1. The van der Waals surface area contributed by atoms with Gasteiger partial charge in [-0.05, 0) is 53.1 Å². The largest absolute Gasteiger partial charge is 0.309 e. The first-order valence-corrected chi connectivity index (χ1v) is 11.1. The topological polar surface area (TPSA) is 48.1 Å². The van der Waals surface area contributed by atoms with Gasteiger partial charge in [-0.15, -0.1) is 0 Å². The highest BCUT2D eigenvalue weighted by Crippen LogP contribution is 2.37. The van der Waals surface area contributed by atoms with E-state index >= 15 is 0 Å². The third kappa shape index (κ3) is 3.24. The Hall–Kier alpha value is -4.70. The molecule has 0 aliphatic rings. The second kappa shape index (κ2) is 8.01. The average molecular weight is 441 g/mol. The minimum absolute atomic E-state index is 0.112. The van der Waals surface area contributed by atoms with E-state index in [-0.39, 0.29) is 10.6 Å². The van der Waals surface area contributed by atoms with Crippen molar-refractivity contribution in [3.63, 3.8) is 0 Å². The van der Waals surface area contributed by atoms with Crippen LogP contribution < -0.4 is 0 Å². The third-order valence-electron chi connectivity index (χ3n) is 6.30. The van der Waals surface area contributed by atoms with Crippen LogP contribution in [0.2, 0.25) is 0 Å². The van der Waals surface area contributed by atoms with Gasteiger partial charge in [-0.25, -0.2) is 0 Å². The molecule has 1 aromatic heterocycles. The van der Waals surface area contributed by atoms with E-state index in [1.807, 2.05) is 48.5 Å². The first kappa shape index (κ1) is 19.9. The predicted molar refractivity (Wildman–Crippen MR) is 138 cm³/mol. The van der Waals surface area contributed by atoms with E-state index in [1.165, 1.54) is 5.56 Å². The Morgan fingerprint density at radius 3 is 2.12 bits per heavy atom. The Kier molecular flexibility index (Phi) is 4.70. The van der Waals surface area contributed by atoms with Crippen LogP contribution in [0.5, 0.6) is 0 Å². The summed E-state index contributed by atoms with van der Waals surface area (Å²) in [4.78, 5) is 11.3. The molecule has 0 aliphatic heterocycles. The second-order valence-electron chi connectivity index (χ2n) is 8.28. The molecule has 6 aromatic rings. The molecule has 5 aromatic carbocycles. The van der Waals surface area contributed by atoms with Gasteiger partial charge in [0.15, 0.2) is 0 Å². The summed E-state index contributed by atoms with van der Waals surface area (Å²) in [7, 11) is 0. The molecular formula is C30H20N2O2. The second-order valence-corrected chi connectivity index (χ2v) is 8.28. The van der Waals surface area contributed by atoms with Crippen molar-refractivity contribution in [2.75, 3.05) is 0 Å². The number of para-hydroxylation sites is 2. The zero-order valence-corrected chi connectivity index (χ0v) is 18.3. The van der Waals surface area contributed by atoms with Crippen LogP contribution in [0.4, 0.5) is 5.69 Å². The molecule has 0 unspecified atom stereocenters. The molecule has 162 valence electrons. The van der Waals surface area contributed by atoms with Crippen LogP contribution in [0.25, 0.3) is 49.7 Å². The van der Waals surface area contributed by atoms with Crippen molar-refractivity contribution in [3.8, 4) is 27.9 Å². The lowest BCUT2D eigenvalue weighted by molar-refractivity contribution is -0.384. The molecule has 1 heterocycles. The molecule has 4 heteroatoms. The SMILES string of the molecule is O=[N+]([O-])c1ccccc1-c1ccc2c(c1)c1ccccc1n2-c1cccc(-c2ccccc2)c1. The minimum atomic E-state index is -0.322. The maximum absolute atomic E-state index is 11.6. The molecule has 0 radical (unpaired) electrons. The monoisotopic (exact) mass is 440 g/mol. The van der Waals surface area contributed by atoms with Gasteiger partial charge >= 0.3 is 0 Å². The Labute approximate surface area is 196 Å². The lowest BCUT2D eigenvalue weighted by Gasteiger charge is -2.11. The Balaban J connectivity index is 1.59. The van der Waals surface area contributed by atoms with Crippen LogP contribution in [0.15, 0.2) is 121 Å². The number of hydrogen-bond donors (Lipinski definition) is 0. The van der Waals surface area contributed by atoms with Crippen LogP contribution in [-0.4, -0.2) is 9.49 Å². The highest BCUT2D eigenvalue weighted by Gasteiger charge is 2.17. The van der Waals surface area contributed by atoms with Gasteiger partial charge in [0.05, 0.1) is 21.5 Å². The molecule has 0 saturated heterocycles. The Bertz CT molecular complexity index is 1680. The quantitative estimate of drug-likeness (QED) is 0.206. The predicted octanol–water partition coefficient (Wildman–Crippen LogP) is 8.03. The lowest BCUT2D eigenvalue weighted by Crippen LogP contribution is -1.94. The third-order valence-corrected chi connectivity index (χ3v) is 6.30. The molecule has 0 spiro atoms. The van der Waals surface area contributed by atoms with Gasteiger partial charge in [0, 0.05) is 22.5 Å². The van der Waals surface area contributed by atoms with Gasteiger partial charge in [0.25, 0.3) is 5.69 Å². The van der Waals surface area contributed by atoms with Crippen molar-refractivity contribution in [2.24, 2.45) is 0 Å². The minimum Gasteiger partial charge on any atom is -0.309 e. The number of rotatable bonds is 4.